The van der Waals surface area contributed by atoms with E-state index in [1.807, 2.05) is 12.1 Å². The molecule has 0 aliphatic carbocycles. The van der Waals surface area contributed by atoms with E-state index in [4.69, 9.17) is 21.1 Å². The molecular weight excluding hydrogens is 474 g/mol. The monoisotopic (exact) mass is 495 g/mol. The molecule has 1 N–H and O–H groups in total. The number of methoxy groups -OCH3 is 2. The second-order valence-corrected chi connectivity index (χ2v) is 11.2. The number of amidine groups is 1. The highest BCUT2D eigenvalue weighted by Gasteiger charge is 2.44. The molecule has 0 saturated carbocycles. The highest BCUT2D eigenvalue weighted by atomic mass is 35.5. The second-order valence-electron chi connectivity index (χ2n) is 7.39. The maximum absolute atomic E-state index is 13.0. The van der Waals surface area contributed by atoms with Gasteiger partial charge in [-0.05, 0) is 42.5 Å². The Hall–Kier alpha value is -2.43. The Labute approximate surface area is 195 Å². The van der Waals surface area contributed by atoms with Crippen LogP contribution in [0.1, 0.15) is 0 Å². The molecule has 0 radical (unpaired) electrons. The maximum atomic E-state index is 13.0. The van der Waals surface area contributed by atoms with E-state index >= 15 is 0 Å². The van der Waals surface area contributed by atoms with Crippen LogP contribution in [-0.4, -0.2) is 63.1 Å². The van der Waals surface area contributed by atoms with Crippen LogP contribution in [0.25, 0.3) is 0 Å². The molecule has 1 fully saturated rings. The molecule has 2 heterocycles. The van der Waals surface area contributed by atoms with Gasteiger partial charge in [0.25, 0.3) is 0 Å². The van der Waals surface area contributed by atoms with Crippen LogP contribution in [0.3, 0.4) is 0 Å². The van der Waals surface area contributed by atoms with Crippen LogP contribution >= 0.6 is 23.4 Å². The van der Waals surface area contributed by atoms with E-state index in [1.165, 1.54) is 18.9 Å². The van der Waals surface area contributed by atoms with Gasteiger partial charge >= 0.3 is 0 Å². The molecule has 1 amide bonds. The first-order valence-electron chi connectivity index (χ1n) is 9.78. The van der Waals surface area contributed by atoms with Crippen molar-refractivity contribution >= 4 is 55.6 Å². The molecule has 8 nitrogen and oxygen atoms in total. The lowest BCUT2D eigenvalue weighted by molar-refractivity contribution is -0.114. The zero-order valence-electron chi connectivity index (χ0n) is 17.4. The third-order valence-electron chi connectivity index (χ3n) is 5.16. The standard InChI is InChI=1S/C21H22ClN3O5S2/c1-29-15-6-4-14(5-7-15)25(21-24-17-11-32(27,28)12-19(17)31-21)10-20(26)23-16-9-13(22)3-8-18(16)30-2/h3-9,17,19H,10-12H2,1-2H3,(H,23,26)/t17-,19+/m0/s1. The lowest BCUT2D eigenvalue weighted by Crippen LogP contribution is -2.36. The molecule has 0 spiro atoms. The summed E-state index contributed by atoms with van der Waals surface area (Å²) in [5.74, 6) is 1.01. The molecule has 2 aliphatic heterocycles. The summed E-state index contributed by atoms with van der Waals surface area (Å²) in [4.78, 5) is 19.4. The van der Waals surface area contributed by atoms with Crippen LogP contribution in [0, 0.1) is 0 Å². The van der Waals surface area contributed by atoms with E-state index in [2.05, 4.69) is 10.3 Å². The predicted octanol–water partition coefficient (Wildman–Crippen LogP) is 3.07. The van der Waals surface area contributed by atoms with Gasteiger partial charge in [0.2, 0.25) is 5.91 Å². The van der Waals surface area contributed by atoms with Gasteiger partial charge in [-0.3, -0.25) is 9.79 Å². The number of carbonyl (C=O) groups is 1. The summed E-state index contributed by atoms with van der Waals surface area (Å²) in [5, 5.41) is 3.79. The van der Waals surface area contributed by atoms with Crippen LogP contribution in [-0.2, 0) is 14.6 Å². The minimum atomic E-state index is -3.07. The van der Waals surface area contributed by atoms with Gasteiger partial charge in [0, 0.05) is 16.0 Å². The van der Waals surface area contributed by atoms with Crippen molar-refractivity contribution in [3.63, 3.8) is 0 Å². The largest absolute Gasteiger partial charge is 0.497 e. The van der Waals surface area contributed by atoms with Crippen LogP contribution in [0.5, 0.6) is 11.5 Å². The number of sulfone groups is 1. The van der Waals surface area contributed by atoms with Crippen molar-refractivity contribution in [3.05, 3.63) is 47.5 Å². The quantitative estimate of drug-likeness (QED) is 0.657. The van der Waals surface area contributed by atoms with E-state index in [-0.39, 0.29) is 35.2 Å². The Bertz CT molecular complexity index is 1150. The number of halogens is 1. The third kappa shape index (κ3) is 4.97. The number of hydrogen-bond acceptors (Lipinski definition) is 8. The molecule has 4 rings (SSSR count). The van der Waals surface area contributed by atoms with E-state index in [0.29, 0.717) is 27.4 Å². The summed E-state index contributed by atoms with van der Waals surface area (Å²) in [5.41, 5.74) is 1.21. The molecule has 2 atom stereocenters. The van der Waals surface area contributed by atoms with Gasteiger partial charge in [-0.2, -0.15) is 0 Å². The van der Waals surface area contributed by atoms with Gasteiger partial charge in [-0.15, -0.1) is 0 Å². The predicted molar refractivity (Wildman–Crippen MR) is 128 cm³/mol. The summed E-state index contributed by atoms with van der Waals surface area (Å²) in [6.07, 6.45) is 0. The maximum Gasteiger partial charge on any atom is 0.244 e. The summed E-state index contributed by atoms with van der Waals surface area (Å²) < 4.78 is 34.4. The molecule has 2 aromatic carbocycles. The number of carbonyl (C=O) groups excluding carboxylic acids is 1. The molecule has 170 valence electrons. The van der Waals surface area contributed by atoms with Crippen molar-refractivity contribution in [2.45, 2.75) is 11.3 Å². The highest BCUT2D eigenvalue weighted by Crippen LogP contribution is 2.37. The summed E-state index contributed by atoms with van der Waals surface area (Å²) in [7, 11) is 0.0212. The van der Waals surface area contributed by atoms with Crippen LogP contribution < -0.4 is 19.7 Å². The van der Waals surface area contributed by atoms with E-state index < -0.39 is 9.84 Å². The van der Waals surface area contributed by atoms with Gasteiger partial charge in [0.05, 0.1) is 37.5 Å². The first-order chi connectivity index (χ1) is 15.3. The molecular formula is C21H22ClN3O5S2. The van der Waals surface area contributed by atoms with Crippen molar-refractivity contribution in [1.82, 2.24) is 0 Å². The first-order valence-corrected chi connectivity index (χ1v) is 12.9. The zero-order valence-corrected chi connectivity index (χ0v) is 19.8. The smallest absolute Gasteiger partial charge is 0.244 e. The molecule has 1 saturated heterocycles. The van der Waals surface area contributed by atoms with Crippen molar-refractivity contribution in [3.8, 4) is 11.5 Å². The average molecular weight is 496 g/mol. The number of benzene rings is 2. The fourth-order valence-electron chi connectivity index (χ4n) is 3.61. The number of hydrogen-bond donors (Lipinski definition) is 1. The van der Waals surface area contributed by atoms with Gasteiger partial charge in [-0.1, -0.05) is 23.4 Å². The Kier molecular flexibility index (Phi) is 6.55. The number of anilines is 2. The number of nitrogens with zero attached hydrogens (tertiary/aromatic N) is 2. The molecule has 0 aromatic heterocycles. The molecule has 2 aliphatic rings. The van der Waals surface area contributed by atoms with Crippen molar-refractivity contribution in [2.75, 3.05) is 42.5 Å². The minimum absolute atomic E-state index is 0.0278. The van der Waals surface area contributed by atoms with Crippen LogP contribution in [0.4, 0.5) is 11.4 Å². The number of nitrogens with one attached hydrogen (secondary N) is 1. The second kappa shape index (κ2) is 9.21. The average Bonchev–Trinajstić information content (AvgIpc) is 3.25. The highest BCUT2D eigenvalue weighted by molar-refractivity contribution is 8.15. The number of rotatable bonds is 6. The van der Waals surface area contributed by atoms with Crippen molar-refractivity contribution in [2.24, 2.45) is 4.99 Å². The van der Waals surface area contributed by atoms with Crippen LogP contribution in [0.15, 0.2) is 47.5 Å². The van der Waals surface area contributed by atoms with Gasteiger partial charge in [0.15, 0.2) is 15.0 Å². The number of fused-ring (bicyclic) bond motifs is 1. The molecule has 32 heavy (non-hydrogen) atoms. The minimum Gasteiger partial charge on any atom is -0.497 e. The molecule has 0 unspecified atom stereocenters. The lowest BCUT2D eigenvalue weighted by atomic mass is 10.2. The lowest BCUT2D eigenvalue weighted by Gasteiger charge is -2.24. The normalized spacial score (nSPS) is 20.9. The van der Waals surface area contributed by atoms with Crippen molar-refractivity contribution in [1.29, 1.82) is 0 Å². The van der Waals surface area contributed by atoms with Gasteiger partial charge in [0.1, 0.15) is 18.0 Å². The first kappa shape index (κ1) is 22.8. The molecule has 0 bridgehead atoms. The Morgan fingerprint density at radius 3 is 2.59 bits per heavy atom. The number of thioether (sulfide) groups is 1. The number of aliphatic imine (C=N–C) groups is 1. The number of amides is 1. The molecule has 11 heteroatoms. The van der Waals surface area contributed by atoms with E-state index in [0.717, 1.165) is 5.69 Å². The summed E-state index contributed by atoms with van der Waals surface area (Å²) in [6, 6.07) is 11.9. The fourth-order valence-corrected chi connectivity index (χ4v) is 7.57. The topological polar surface area (TPSA) is 97.3 Å². The molecule has 2 aromatic rings. The van der Waals surface area contributed by atoms with Gasteiger partial charge in [-0.25, -0.2) is 8.42 Å². The summed E-state index contributed by atoms with van der Waals surface area (Å²) in [6.45, 7) is -0.0278. The van der Waals surface area contributed by atoms with Crippen molar-refractivity contribution < 1.29 is 22.7 Å². The fraction of sp³-hybridized carbons (Fsp3) is 0.333. The SMILES string of the molecule is COc1ccc(N(CC(=O)Nc2cc(Cl)ccc2OC)C2=N[C@H]3CS(=O)(=O)C[C@H]3S2)cc1. The van der Waals surface area contributed by atoms with Gasteiger partial charge < -0.3 is 19.7 Å². The summed E-state index contributed by atoms with van der Waals surface area (Å²) >= 11 is 7.46. The van der Waals surface area contributed by atoms with E-state index in [9.17, 15) is 13.2 Å². The Balaban J connectivity index is 1.58. The third-order valence-corrected chi connectivity index (χ3v) is 8.64. The zero-order chi connectivity index (χ0) is 22.9. The Morgan fingerprint density at radius 2 is 1.94 bits per heavy atom. The van der Waals surface area contributed by atoms with E-state index in [1.54, 1.807) is 42.3 Å². The Morgan fingerprint density at radius 1 is 1.19 bits per heavy atom. The van der Waals surface area contributed by atoms with Crippen LogP contribution in [0.2, 0.25) is 5.02 Å². The number of ether oxygens (including phenoxy) is 2.